The second-order valence-corrected chi connectivity index (χ2v) is 3.67. The van der Waals surface area contributed by atoms with Crippen LogP contribution in [0.3, 0.4) is 0 Å². The molecular formula is C9H15NO6. The van der Waals surface area contributed by atoms with E-state index in [1.54, 1.807) is 0 Å². The fourth-order valence-electron chi connectivity index (χ4n) is 1.97. The minimum atomic E-state index is -0.851. The van der Waals surface area contributed by atoms with Crippen molar-refractivity contribution < 1.29 is 24.2 Å². The van der Waals surface area contributed by atoms with Gasteiger partial charge >= 0.3 is 5.97 Å². The summed E-state index contributed by atoms with van der Waals surface area (Å²) in [6.07, 6.45) is 0.369. The van der Waals surface area contributed by atoms with Crippen molar-refractivity contribution in [2.75, 3.05) is 14.2 Å². The first kappa shape index (κ1) is 12.7. The number of nitrogens with zero attached hydrogens (tertiary/aromatic N) is 1. The van der Waals surface area contributed by atoms with Gasteiger partial charge in [0.25, 0.3) is 5.09 Å². The molecule has 0 aromatic carbocycles. The third kappa shape index (κ3) is 3.06. The fraction of sp³-hybridized carbons (Fsp3) is 0.889. The van der Waals surface area contributed by atoms with Crippen LogP contribution in [0.15, 0.2) is 0 Å². The molecule has 7 nitrogen and oxygen atoms in total. The summed E-state index contributed by atoms with van der Waals surface area (Å²) in [7, 11) is 2.77. The van der Waals surface area contributed by atoms with Crippen LogP contribution in [0, 0.1) is 16.0 Å². The molecule has 0 N–H and O–H groups in total. The van der Waals surface area contributed by atoms with E-state index in [-0.39, 0.29) is 24.4 Å². The molecule has 1 aliphatic rings. The number of rotatable bonds is 4. The summed E-state index contributed by atoms with van der Waals surface area (Å²) in [5, 5.41) is 9.44. The van der Waals surface area contributed by atoms with Crippen LogP contribution in [0.5, 0.6) is 0 Å². The Morgan fingerprint density at radius 2 is 2.00 bits per heavy atom. The Bertz CT molecular complexity index is 269. The van der Waals surface area contributed by atoms with Gasteiger partial charge in [0.05, 0.1) is 19.1 Å². The first-order valence-corrected chi connectivity index (χ1v) is 5.00. The van der Waals surface area contributed by atoms with Gasteiger partial charge in [-0.3, -0.25) is 4.79 Å². The molecule has 0 aromatic heterocycles. The highest BCUT2D eigenvalue weighted by molar-refractivity contribution is 5.72. The maximum atomic E-state index is 11.3. The molecule has 0 saturated heterocycles. The highest BCUT2D eigenvalue weighted by Gasteiger charge is 2.36. The SMILES string of the molecule is COC(=O)[C@H]1CC[C@@H](OC)[C@H](O[N+](=O)[O-])C1. The summed E-state index contributed by atoms with van der Waals surface area (Å²) in [6, 6.07) is 0. The van der Waals surface area contributed by atoms with E-state index < -0.39 is 11.2 Å². The molecule has 1 saturated carbocycles. The van der Waals surface area contributed by atoms with E-state index in [0.29, 0.717) is 12.8 Å². The van der Waals surface area contributed by atoms with Crippen LogP contribution in [0.4, 0.5) is 0 Å². The Labute approximate surface area is 92.8 Å². The Hall–Kier alpha value is -1.37. The Morgan fingerprint density at radius 1 is 1.31 bits per heavy atom. The normalized spacial score (nSPS) is 29.5. The predicted molar refractivity (Wildman–Crippen MR) is 52.0 cm³/mol. The van der Waals surface area contributed by atoms with Crippen LogP contribution in [0.2, 0.25) is 0 Å². The molecule has 0 aliphatic heterocycles. The van der Waals surface area contributed by atoms with Crippen LogP contribution < -0.4 is 0 Å². The van der Waals surface area contributed by atoms with Crippen molar-refractivity contribution in [2.24, 2.45) is 5.92 Å². The molecule has 0 radical (unpaired) electrons. The molecule has 3 atom stereocenters. The molecule has 0 spiro atoms. The molecule has 0 heterocycles. The van der Waals surface area contributed by atoms with Gasteiger partial charge in [0, 0.05) is 7.11 Å². The predicted octanol–water partition coefficient (Wildman–Crippen LogP) is 0.551. The summed E-state index contributed by atoms with van der Waals surface area (Å²) in [5.41, 5.74) is 0. The lowest BCUT2D eigenvalue weighted by molar-refractivity contribution is -0.771. The van der Waals surface area contributed by atoms with Crippen molar-refractivity contribution >= 4 is 5.97 Å². The number of carbonyl (C=O) groups excluding carboxylic acids is 1. The minimum absolute atomic E-state index is 0.256. The van der Waals surface area contributed by atoms with Gasteiger partial charge in [-0.05, 0) is 19.3 Å². The summed E-state index contributed by atoms with van der Waals surface area (Å²) < 4.78 is 9.69. The third-order valence-corrected chi connectivity index (χ3v) is 2.79. The zero-order valence-corrected chi connectivity index (χ0v) is 9.25. The quantitative estimate of drug-likeness (QED) is 0.400. The van der Waals surface area contributed by atoms with Crippen molar-refractivity contribution in [1.29, 1.82) is 0 Å². The van der Waals surface area contributed by atoms with Crippen LogP contribution >= 0.6 is 0 Å². The van der Waals surface area contributed by atoms with Gasteiger partial charge < -0.3 is 14.3 Å². The zero-order valence-electron chi connectivity index (χ0n) is 9.25. The van der Waals surface area contributed by atoms with Crippen LogP contribution in [0.25, 0.3) is 0 Å². The molecule has 0 amide bonds. The first-order chi connectivity index (χ1) is 7.58. The average Bonchev–Trinajstić information content (AvgIpc) is 2.27. The Kier molecular flexibility index (Phi) is 4.48. The molecule has 92 valence electrons. The molecule has 16 heavy (non-hydrogen) atoms. The fourth-order valence-corrected chi connectivity index (χ4v) is 1.97. The van der Waals surface area contributed by atoms with Crippen molar-refractivity contribution in [2.45, 2.75) is 31.5 Å². The molecule has 1 fully saturated rings. The second-order valence-electron chi connectivity index (χ2n) is 3.67. The maximum Gasteiger partial charge on any atom is 0.308 e. The van der Waals surface area contributed by atoms with Crippen molar-refractivity contribution in [3.05, 3.63) is 10.1 Å². The van der Waals surface area contributed by atoms with Crippen LogP contribution in [0.1, 0.15) is 19.3 Å². The van der Waals surface area contributed by atoms with Gasteiger partial charge in [-0.1, -0.05) is 0 Å². The van der Waals surface area contributed by atoms with Gasteiger partial charge in [-0.25, -0.2) is 0 Å². The Morgan fingerprint density at radius 3 is 2.50 bits per heavy atom. The summed E-state index contributed by atoms with van der Waals surface area (Å²) in [5.74, 6) is -0.701. The summed E-state index contributed by atoms with van der Waals surface area (Å²) >= 11 is 0. The molecule has 0 bridgehead atoms. The van der Waals surface area contributed by atoms with Gasteiger partial charge in [0.1, 0.15) is 6.10 Å². The van der Waals surface area contributed by atoms with E-state index in [2.05, 4.69) is 9.57 Å². The van der Waals surface area contributed by atoms with E-state index in [0.717, 1.165) is 0 Å². The maximum absolute atomic E-state index is 11.3. The number of methoxy groups -OCH3 is 2. The molecular weight excluding hydrogens is 218 g/mol. The highest BCUT2D eigenvalue weighted by Crippen LogP contribution is 2.29. The summed E-state index contributed by atoms with van der Waals surface area (Å²) in [4.78, 5) is 26.1. The van der Waals surface area contributed by atoms with Gasteiger partial charge in [-0.15, -0.1) is 10.1 Å². The molecule has 0 unspecified atom stereocenters. The highest BCUT2D eigenvalue weighted by atomic mass is 17.0. The number of hydrogen-bond donors (Lipinski definition) is 0. The monoisotopic (exact) mass is 233 g/mol. The number of esters is 1. The van der Waals surface area contributed by atoms with E-state index in [1.807, 2.05) is 0 Å². The smallest absolute Gasteiger partial charge is 0.308 e. The van der Waals surface area contributed by atoms with E-state index in [4.69, 9.17) is 4.74 Å². The van der Waals surface area contributed by atoms with Crippen LogP contribution in [-0.2, 0) is 19.1 Å². The number of hydrogen-bond acceptors (Lipinski definition) is 6. The first-order valence-electron chi connectivity index (χ1n) is 5.00. The van der Waals surface area contributed by atoms with Gasteiger partial charge in [0.2, 0.25) is 0 Å². The van der Waals surface area contributed by atoms with Crippen molar-refractivity contribution in [1.82, 2.24) is 0 Å². The minimum Gasteiger partial charge on any atom is -0.469 e. The largest absolute Gasteiger partial charge is 0.469 e. The van der Waals surface area contributed by atoms with E-state index in [9.17, 15) is 14.9 Å². The standard InChI is InChI=1S/C9H15NO6/c1-14-7-4-3-6(9(11)15-2)5-8(7)16-10(12)13/h6-8H,3-5H2,1-2H3/t6-,7+,8+/m0/s1. The molecule has 7 heteroatoms. The van der Waals surface area contributed by atoms with Gasteiger partial charge in [-0.2, -0.15) is 0 Å². The van der Waals surface area contributed by atoms with E-state index >= 15 is 0 Å². The lowest BCUT2D eigenvalue weighted by Gasteiger charge is -2.32. The third-order valence-electron chi connectivity index (χ3n) is 2.79. The lowest BCUT2D eigenvalue weighted by atomic mass is 9.85. The lowest BCUT2D eigenvalue weighted by Crippen LogP contribution is -2.40. The second kappa shape index (κ2) is 5.64. The molecule has 0 aromatic rings. The Balaban J connectivity index is 2.61. The van der Waals surface area contributed by atoms with Crippen LogP contribution in [-0.4, -0.2) is 37.5 Å². The summed E-state index contributed by atoms with van der Waals surface area (Å²) in [6.45, 7) is 0. The van der Waals surface area contributed by atoms with Crippen molar-refractivity contribution in [3.8, 4) is 0 Å². The number of carbonyl (C=O) groups is 1. The molecule has 1 rings (SSSR count). The van der Waals surface area contributed by atoms with Crippen molar-refractivity contribution in [3.63, 3.8) is 0 Å². The number of ether oxygens (including phenoxy) is 2. The average molecular weight is 233 g/mol. The topological polar surface area (TPSA) is 87.9 Å². The van der Waals surface area contributed by atoms with E-state index in [1.165, 1.54) is 14.2 Å². The van der Waals surface area contributed by atoms with Gasteiger partial charge in [0.15, 0.2) is 0 Å². The zero-order chi connectivity index (χ0) is 12.1. The molecule has 1 aliphatic carbocycles.